The Morgan fingerprint density at radius 1 is 1.40 bits per heavy atom. The largest absolute Gasteiger partial charge is 0.481 e. The number of carbonyl (C=O) groups is 2. The maximum atomic E-state index is 11.4. The van der Waals surface area contributed by atoms with E-state index in [1.54, 1.807) is 13.8 Å². The van der Waals surface area contributed by atoms with Crippen LogP contribution in [0.1, 0.15) is 27.2 Å². The van der Waals surface area contributed by atoms with Crippen LogP contribution in [-0.4, -0.2) is 34.5 Å². The topological polar surface area (TPSA) is 66.4 Å². The zero-order valence-electron chi connectivity index (χ0n) is 9.45. The van der Waals surface area contributed by atoms with E-state index in [9.17, 15) is 9.59 Å². The molecule has 0 heterocycles. The van der Waals surface area contributed by atoms with Crippen molar-refractivity contribution < 1.29 is 14.7 Å². The van der Waals surface area contributed by atoms with Crippen LogP contribution in [0.4, 0.5) is 0 Å². The Morgan fingerprint density at radius 2 is 2.00 bits per heavy atom. The highest BCUT2D eigenvalue weighted by Gasteiger charge is 2.17. The van der Waals surface area contributed by atoms with Crippen LogP contribution in [0.25, 0.3) is 0 Å². The summed E-state index contributed by atoms with van der Waals surface area (Å²) in [5.41, 5.74) is 0. The summed E-state index contributed by atoms with van der Waals surface area (Å²) in [7, 11) is 0. The Morgan fingerprint density at radius 3 is 2.47 bits per heavy atom. The molecule has 2 unspecified atom stereocenters. The van der Waals surface area contributed by atoms with Crippen LogP contribution in [0.3, 0.4) is 0 Å². The van der Waals surface area contributed by atoms with E-state index in [2.05, 4.69) is 5.32 Å². The van der Waals surface area contributed by atoms with Gasteiger partial charge in [0, 0.05) is 12.3 Å². The van der Waals surface area contributed by atoms with Crippen molar-refractivity contribution in [1.29, 1.82) is 0 Å². The van der Waals surface area contributed by atoms with Gasteiger partial charge in [-0.2, -0.15) is 0 Å². The molecule has 0 rings (SSSR count). The smallest absolute Gasteiger partial charge is 0.307 e. The average molecular weight is 233 g/mol. The molecule has 0 aromatic carbocycles. The number of rotatable bonds is 7. The maximum absolute atomic E-state index is 11.4. The van der Waals surface area contributed by atoms with Crippen LogP contribution < -0.4 is 5.32 Å². The number of carboxylic acid groups (broad SMARTS) is 1. The highest BCUT2D eigenvalue weighted by molar-refractivity contribution is 8.00. The van der Waals surface area contributed by atoms with Gasteiger partial charge in [0.15, 0.2) is 0 Å². The predicted octanol–water partition coefficient (Wildman–Crippen LogP) is 1.35. The van der Waals surface area contributed by atoms with Crippen LogP contribution in [0.2, 0.25) is 0 Å². The van der Waals surface area contributed by atoms with E-state index in [0.29, 0.717) is 12.3 Å². The van der Waals surface area contributed by atoms with Gasteiger partial charge in [-0.15, -0.1) is 11.8 Å². The first-order valence-corrected chi connectivity index (χ1v) is 6.16. The Balaban J connectivity index is 3.77. The molecule has 5 heteroatoms. The van der Waals surface area contributed by atoms with E-state index >= 15 is 0 Å². The van der Waals surface area contributed by atoms with Gasteiger partial charge in [-0.1, -0.05) is 13.8 Å². The summed E-state index contributed by atoms with van der Waals surface area (Å²) >= 11 is 1.38. The molecule has 0 fully saturated rings. The van der Waals surface area contributed by atoms with Gasteiger partial charge < -0.3 is 10.4 Å². The number of hydrogen-bond acceptors (Lipinski definition) is 3. The molecular formula is C10H19NO3S. The van der Waals surface area contributed by atoms with E-state index in [1.807, 2.05) is 6.92 Å². The molecule has 0 saturated heterocycles. The predicted molar refractivity (Wildman–Crippen MR) is 62.0 cm³/mol. The fraction of sp³-hybridized carbons (Fsp3) is 0.800. The van der Waals surface area contributed by atoms with Crippen LogP contribution in [0.15, 0.2) is 0 Å². The first-order chi connectivity index (χ1) is 6.99. The van der Waals surface area contributed by atoms with Crippen molar-refractivity contribution in [2.75, 3.05) is 12.3 Å². The van der Waals surface area contributed by atoms with Crippen molar-refractivity contribution in [2.24, 2.45) is 5.92 Å². The summed E-state index contributed by atoms with van der Waals surface area (Å²) in [5, 5.41) is 11.3. The minimum Gasteiger partial charge on any atom is -0.481 e. The van der Waals surface area contributed by atoms with Crippen molar-refractivity contribution in [1.82, 2.24) is 5.32 Å². The summed E-state index contributed by atoms with van der Waals surface area (Å²) in [6.45, 7) is 6.11. The molecule has 0 aromatic rings. The van der Waals surface area contributed by atoms with Gasteiger partial charge >= 0.3 is 5.97 Å². The Kier molecular flexibility index (Phi) is 7.21. The van der Waals surface area contributed by atoms with Crippen molar-refractivity contribution in [3.63, 3.8) is 0 Å². The van der Waals surface area contributed by atoms with Crippen molar-refractivity contribution in [3.8, 4) is 0 Å². The van der Waals surface area contributed by atoms with Gasteiger partial charge in [0.05, 0.1) is 11.2 Å². The van der Waals surface area contributed by atoms with Crippen molar-refractivity contribution in [3.05, 3.63) is 0 Å². The fourth-order valence-corrected chi connectivity index (χ4v) is 1.78. The molecular weight excluding hydrogens is 214 g/mol. The summed E-state index contributed by atoms with van der Waals surface area (Å²) in [6, 6.07) is 0. The van der Waals surface area contributed by atoms with Gasteiger partial charge in [-0.05, 0) is 13.3 Å². The quantitative estimate of drug-likeness (QED) is 0.696. The molecule has 0 aliphatic heterocycles. The van der Waals surface area contributed by atoms with Crippen molar-refractivity contribution >= 4 is 23.6 Å². The average Bonchev–Trinajstić information content (AvgIpc) is 2.21. The van der Waals surface area contributed by atoms with Gasteiger partial charge in [-0.25, -0.2) is 0 Å². The maximum Gasteiger partial charge on any atom is 0.307 e. The Hall–Kier alpha value is -0.710. The number of carboxylic acids is 1. The van der Waals surface area contributed by atoms with Gasteiger partial charge in [0.25, 0.3) is 0 Å². The first kappa shape index (κ1) is 14.3. The third kappa shape index (κ3) is 6.38. The van der Waals surface area contributed by atoms with Gasteiger partial charge in [0.2, 0.25) is 5.91 Å². The van der Waals surface area contributed by atoms with Gasteiger partial charge in [-0.3, -0.25) is 9.59 Å². The molecule has 0 spiro atoms. The van der Waals surface area contributed by atoms with E-state index in [0.717, 1.165) is 6.42 Å². The standard InChI is InChI=1S/C10H19NO3S/c1-4-5-11-9(12)8(3)15-6-7(2)10(13)14/h7-8H,4-6H2,1-3H3,(H,11,12)(H,13,14). The molecule has 0 radical (unpaired) electrons. The highest BCUT2D eigenvalue weighted by atomic mass is 32.2. The minimum absolute atomic E-state index is 0.0144. The SMILES string of the molecule is CCCNC(=O)C(C)SCC(C)C(=O)O. The first-order valence-electron chi connectivity index (χ1n) is 5.11. The highest BCUT2D eigenvalue weighted by Crippen LogP contribution is 2.15. The molecule has 0 bridgehead atoms. The lowest BCUT2D eigenvalue weighted by molar-refractivity contribution is -0.140. The lowest BCUT2D eigenvalue weighted by atomic mass is 10.2. The number of hydrogen-bond donors (Lipinski definition) is 2. The summed E-state index contributed by atoms with van der Waals surface area (Å²) in [6.07, 6.45) is 0.911. The number of carbonyl (C=O) groups excluding carboxylic acids is 1. The second kappa shape index (κ2) is 7.56. The summed E-state index contributed by atoms with van der Waals surface area (Å²) in [4.78, 5) is 21.9. The van der Waals surface area contributed by atoms with Gasteiger partial charge in [0.1, 0.15) is 0 Å². The zero-order chi connectivity index (χ0) is 11.8. The second-order valence-electron chi connectivity index (χ2n) is 3.51. The molecule has 0 aliphatic carbocycles. The summed E-state index contributed by atoms with van der Waals surface area (Å²) < 4.78 is 0. The third-order valence-electron chi connectivity index (χ3n) is 1.94. The van der Waals surface area contributed by atoms with Crippen molar-refractivity contribution in [2.45, 2.75) is 32.4 Å². The molecule has 88 valence electrons. The minimum atomic E-state index is -0.816. The number of nitrogens with one attached hydrogen (secondary N) is 1. The zero-order valence-corrected chi connectivity index (χ0v) is 10.3. The van der Waals surface area contributed by atoms with E-state index < -0.39 is 11.9 Å². The normalized spacial score (nSPS) is 14.3. The molecule has 15 heavy (non-hydrogen) atoms. The number of amides is 1. The molecule has 2 atom stereocenters. The Bertz CT molecular complexity index is 221. The monoisotopic (exact) mass is 233 g/mol. The third-order valence-corrected chi connectivity index (χ3v) is 3.34. The van der Waals surface area contributed by atoms with Crippen LogP contribution in [-0.2, 0) is 9.59 Å². The lowest BCUT2D eigenvalue weighted by Crippen LogP contribution is -2.32. The number of thioether (sulfide) groups is 1. The molecule has 0 aliphatic rings. The molecule has 1 amide bonds. The Labute approximate surface area is 94.8 Å². The molecule has 2 N–H and O–H groups in total. The van der Waals surface area contributed by atoms with Crippen LogP contribution in [0, 0.1) is 5.92 Å². The summed E-state index contributed by atoms with van der Waals surface area (Å²) in [5.74, 6) is -0.768. The fourth-order valence-electron chi connectivity index (χ4n) is 0.828. The molecule has 0 saturated carbocycles. The van der Waals surface area contributed by atoms with E-state index in [1.165, 1.54) is 11.8 Å². The second-order valence-corrected chi connectivity index (χ2v) is 4.88. The van der Waals surface area contributed by atoms with Crippen LogP contribution in [0.5, 0.6) is 0 Å². The van der Waals surface area contributed by atoms with E-state index in [-0.39, 0.29) is 11.2 Å². The number of aliphatic carboxylic acids is 1. The molecule has 0 aromatic heterocycles. The lowest BCUT2D eigenvalue weighted by Gasteiger charge is -2.12. The molecule has 4 nitrogen and oxygen atoms in total. The van der Waals surface area contributed by atoms with Crippen LogP contribution >= 0.6 is 11.8 Å². The van der Waals surface area contributed by atoms with E-state index in [4.69, 9.17) is 5.11 Å².